The Labute approximate surface area is 77.2 Å². The van der Waals surface area contributed by atoms with Crippen molar-refractivity contribution in [3.8, 4) is 0 Å². The van der Waals surface area contributed by atoms with Gasteiger partial charge in [-0.05, 0) is 43.4 Å². The van der Waals surface area contributed by atoms with Gasteiger partial charge in [0.2, 0.25) is 0 Å². The minimum Gasteiger partial charge on any atom is -0.305 e. The van der Waals surface area contributed by atoms with Crippen molar-refractivity contribution in [2.24, 2.45) is 0 Å². The summed E-state index contributed by atoms with van der Waals surface area (Å²) in [5.41, 5.74) is 4.00. The van der Waals surface area contributed by atoms with Crippen LogP contribution in [-0.4, -0.2) is 9.38 Å². The van der Waals surface area contributed by atoms with Crippen molar-refractivity contribution in [2.45, 2.75) is 25.7 Å². The quantitative estimate of drug-likeness (QED) is 0.595. The largest absolute Gasteiger partial charge is 0.305 e. The van der Waals surface area contributed by atoms with E-state index in [1.807, 2.05) is 6.20 Å². The zero-order valence-corrected chi connectivity index (χ0v) is 7.53. The Morgan fingerprint density at radius 3 is 3.15 bits per heavy atom. The number of hydrogen-bond donors (Lipinski definition) is 0. The minimum atomic E-state index is 1.08. The number of rotatable bonds is 0. The Morgan fingerprint density at radius 1 is 1.23 bits per heavy atom. The van der Waals surface area contributed by atoms with Gasteiger partial charge in [-0.25, -0.2) is 4.98 Å². The summed E-state index contributed by atoms with van der Waals surface area (Å²) in [6, 6.07) is 4.13. The Morgan fingerprint density at radius 2 is 2.15 bits per heavy atom. The van der Waals surface area contributed by atoms with Gasteiger partial charge < -0.3 is 4.40 Å². The summed E-state index contributed by atoms with van der Waals surface area (Å²) < 4.78 is 2.23. The Bertz CT molecular complexity index is 442. The maximum Gasteiger partial charge on any atom is 0.136 e. The Hall–Kier alpha value is -1.31. The highest BCUT2D eigenvalue weighted by molar-refractivity contribution is 5.42. The van der Waals surface area contributed by atoms with Crippen LogP contribution in [0.3, 0.4) is 0 Å². The zero-order chi connectivity index (χ0) is 8.67. The first-order chi connectivity index (χ1) is 6.45. The highest BCUT2D eigenvalue weighted by Gasteiger charge is 2.11. The van der Waals surface area contributed by atoms with Crippen molar-refractivity contribution < 1.29 is 0 Å². The lowest BCUT2D eigenvalue weighted by Crippen LogP contribution is -2.08. The van der Waals surface area contributed by atoms with E-state index in [4.69, 9.17) is 0 Å². The van der Waals surface area contributed by atoms with Crippen molar-refractivity contribution in [3.63, 3.8) is 0 Å². The monoisotopic (exact) mass is 172 g/mol. The van der Waals surface area contributed by atoms with Gasteiger partial charge in [0, 0.05) is 18.1 Å². The average Bonchev–Trinajstić information content (AvgIpc) is 2.65. The molecule has 2 heterocycles. The lowest BCUT2D eigenvalue weighted by molar-refractivity contribution is 0.656. The molecule has 0 aromatic carbocycles. The number of hydrogen-bond acceptors (Lipinski definition) is 1. The van der Waals surface area contributed by atoms with Crippen molar-refractivity contribution >= 4 is 5.65 Å². The van der Waals surface area contributed by atoms with Crippen LogP contribution in [0.15, 0.2) is 24.5 Å². The van der Waals surface area contributed by atoms with Gasteiger partial charge >= 0.3 is 0 Å². The van der Waals surface area contributed by atoms with Crippen LogP contribution in [0.4, 0.5) is 0 Å². The van der Waals surface area contributed by atoms with Gasteiger partial charge in [-0.2, -0.15) is 0 Å². The van der Waals surface area contributed by atoms with Crippen LogP contribution >= 0.6 is 0 Å². The third-order valence-corrected chi connectivity index (χ3v) is 2.85. The number of aryl methyl sites for hydroxylation is 2. The molecular weight excluding hydrogens is 160 g/mol. The van der Waals surface area contributed by atoms with Gasteiger partial charge in [0.15, 0.2) is 0 Å². The van der Waals surface area contributed by atoms with Crippen LogP contribution in [0.25, 0.3) is 5.65 Å². The molecule has 2 nitrogen and oxygen atoms in total. The Kier molecular flexibility index (Phi) is 1.42. The second-order valence-electron chi connectivity index (χ2n) is 3.67. The third kappa shape index (κ3) is 0.981. The van der Waals surface area contributed by atoms with Crippen LogP contribution in [0, 0.1) is 0 Å². The fraction of sp³-hybridized carbons (Fsp3) is 0.364. The smallest absolute Gasteiger partial charge is 0.136 e. The summed E-state index contributed by atoms with van der Waals surface area (Å²) in [7, 11) is 0. The highest BCUT2D eigenvalue weighted by atomic mass is 15.0. The van der Waals surface area contributed by atoms with Crippen LogP contribution in [0.1, 0.15) is 24.1 Å². The molecule has 2 aromatic heterocycles. The third-order valence-electron chi connectivity index (χ3n) is 2.85. The standard InChI is InChI=1S/C11H12N2/c1-2-5-10-9(4-1)8-12-11-6-3-7-13(10)11/h3,6-8H,1-2,4-5H2. The van der Waals surface area contributed by atoms with Crippen molar-refractivity contribution in [2.75, 3.05) is 0 Å². The van der Waals surface area contributed by atoms with Crippen LogP contribution in [0.5, 0.6) is 0 Å². The van der Waals surface area contributed by atoms with E-state index in [1.54, 1.807) is 0 Å². The van der Waals surface area contributed by atoms with Gasteiger partial charge in [0.25, 0.3) is 0 Å². The molecule has 66 valence electrons. The first-order valence-corrected chi connectivity index (χ1v) is 4.89. The average molecular weight is 172 g/mol. The summed E-state index contributed by atoms with van der Waals surface area (Å²) in [6.07, 6.45) is 9.22. The molecule has 0 fully saturated rings. The lowest BCUT2D eigenvalue weighted by Gasteiger charge is -2.16. The van der Waals surface area contributed by atoms with Crippen LogP contribution in [0.2, 0.25) is 0 Å². The Balaban J connectivity index is 2.34. The fourth-order valence-corrected chi connectivity index (χ4v) is 2.18. The molecule has 1 aliphatic carbocycles. The van der Waals surface area contributed by atoms with Gasteiger partial charge in [-0.3, -0.25) is 0 Å². The molecule has 0 radical (unpaired) electrons. The normalized spacial score (nSPS) is 16.0. The van der Waals surface area contributed by atoms with Crippen LogP contribution < -0.4 is 0 Å². The van der Waals surface area contributed by atoms with Crippen molar-refractivity contribution in [1.29, 1.82) is 0 Å². The number of aromatic nitrogens is 2. The van der Waals surface area contributed by atoms with E-state index in [9.17, 15) is 0 Å². The molecule has 13 heavy (non-hydrogen) atoms. The van der Waals surface area contributed by atoms with E-state index in [-0.39, 0.29) is 0 Å². The van der Waals surface area contributed by atoms with Gasteiger partial charge in [0.1, 0.15) is 5.65 Å². The fourth-order valence-electron chi connectivity index (χ4n) is 2.18. The van der Waals surface area contributed by atoms with Gasteiger partial charge in [-0.15, -0.1) is 0 Å². The van der Waals surface area contributed by atoms with Crippen molar-refractivity contribution in [1.82, 2.24) is 9.38 Å². The van der Waals surface area contributed by atoms with Crippen molar-refractivity contribution in [3.05, 3.63) is 35.8 Å². The summed E-state index contributed by atoms with van der Waals surface area (Å²) >= 11 is 0. The molecule has 1 aliphatic rings. The lowest BCUT2D eigenvalue weighted by atomic mass is 9.97. The minimum absolute atomic E-state index is 1.08. The first-order valence-electron chi connectivity index (χ1n) is 4.89. The first kappa shape index (κ1) is 7.13. The maximum absolute atomic E-state index is 4.42. The summed E-state index contributed by atoms with van der Waals surface area (Å²) in [5.74, 6) is 0. The molecule has 0 saturated carbocycles. The van der Waals surface area contributed by atoms with Gasteiger partial charge in [0.05, 0.1) is 0 Å². The summed E-state index contributed by atoms with van der Waals surface area (Å²) in [6.45, 7) is 0. The van der Waals surface area contributed by atoms with E-state index in [1.165, 1.54) is 36.9 Å². The molecule has 0 unspecified atom stereocenters. The molecule has 0 aliphatic heterocycles. The molecule has 2 aromatic rings. The predicted octanol–water partition coefficient (Wildman–Crippen LogP) is 2.21. The molecule has 0 bridgehead atoms. The molecule has 3 rings (SSSR count). The van der Waals surface area contributed by atoms with Gasteiger partial charge in [-0.1, -0.05) is 0 Å². The van der Waals surface area contributed by atoms with E-state index >= 15 is 0 Å². The summed E-state index contributed by atoms with van der Waals surface area (Å²) in [4.78, 5) is 4.42. The molecular formula is C11H12N2. The highest BCUT2D eigenvalue weighted by Crippen LogP contribution is 2.21. The number of fused-ring (bicyclic) bond motifs is 3. The van der Waals surface area contributed by atoms with E-state index in [0.29, 0.717) is 0 Å². The van der Waals surface area contributed by atoms with E-state index < -0.39 is 0 Å². The number of nitrogens with zero attached hydrogens (tertiary/aromatic N) is 2. The molecule has 2 heteroatoms. The molecule has 0 amide bonds. The zero-order valence-electron chi connectivity index (χ0n) is 7.53. The molecule has 0 N–H and O–H groups in total. The summed E-state index contributed by atoms with van der Waals surface area (Å²) in [5, 5.41) is 0. The van der Waals surface area contributed by atoms with E-state index in [0.717, 1.165) is 5.65 Å². The molecule has 0 spiro atoms. The second-order valence-corrected chi connectivity index (χ2v) is 3.67. The van der Waals surface area contributed by atoms with E-state index in [2.05, 4.69) is 27.7 Å². The SMILES string of the molecule is c1cc2ncc3c(n2c1)CCCC3. The predicted molar refractivity (Wildman–Crippen MR) is 51.8 cm³/mol. The van der Waals surface area contributed by atoms with Crippen LogP contribution in [-0.2, 0) is 12.8 Å². The topological polar surface area (TPSA) is 17.3 Å². The maximum atomic E-state index is 4.42. The molecule has 0 atom stereocenters. The second kappa shape index (κ2) is 2.59. The molecule has 0 saturated heterocycles.